The average molecular weight is 531 g/mol. The van der Waals surface area contributed by atoms with Crippen LogP contribution in [0.2, 0.25) is 0 Å². The Labute approximate surface area is 216 Å². The van der Waals surface area contributed by atoms with Crippen molar-refractivity contribution in [3.05, 3.63) is 48.0 Å². The van der Waals surface area contributed by atoms with Crippen LogP contribution in [0.15, 0.2) is 47.4 Å². The number of sulfonamides is 1. The molecule has 2 heterocycles. The summed E-state index contributed by atoms with van der Waals surface area (Å²) in [6, 6.07) is 12.7. The van der Waals surface area contributed by atoms with Crippen molar-refractivity contribution in [2.45, 2.75) is 49.5 Å². The summed E-state index contributed by atoms with van der Waals surface area (Å²) in [6.07, 6.45) is 1.38. The van der Waals surface area contributed by atoms with Crippen LogP contribution in [0.1, 0.15) is 31.2 Å². The zero-order chi connectivity index (χ0) is 26.5. The van der Waals surface area contributed by atoms with E-state index in [4.69, 9.17) is 0 Å². The summed E-state index contributed by atoms with van der Waals surface area (Å²) in [5.74, 6) is -3.27. The minimum absolute atomic E-state index is 0.0772. The Morgan fingerprint density at radius 1 is 1.08 bits per heavy atom. The van der Waals surface area contributed by atoms with E-state index in [2.05, 4.69) is 16.0 Å². The van der Waals surface area contributed by atoms with E-state index in [1.54, 1.807) is 12.1 Å². The van der Waals surface area contributed by atoms with Crippen molar-refractivity contribution in [1.82, 2.24) is 14.2 Å². The number of amides is 1. The van der Waals surface area contributed by atoms with Crippen LogP contribution in [-0.2, 0) is 14.8 Å². The maximum Gasteiger partial charge on any atom is 0.252 e. The standard InChI is InChI=1S/C27H32F2N4O3S/c1-18-6-7-19-13-24(30-23(19)12-18)22-14-21(8-9-25(22)33-10-4-5-11-33)37(35,36)31(2)17-26(34)32(3)20-15-27(28,29)16-20/h6-9,12-14,20,30H,4-5,10-11,15-17H2,1-3H3. The first-order valence-electron chi connectivity index (χ1n) is 12.5. The molecule has 37 heavy (non-hydrogen) atoms. The summed E-state index contributed by atoms with van der Waals surface area (Å²) in [6.45, 7) is 3.41. The minimum Gasteiger partial charge on any atom is -0.371 e. The number of likely N-dealkylation sites (N-methyl/N-ethyl adjacent to an activating group) is 2. The van der Waals surface area contributed by atoms with Crippen molar-refractivity contribution in [1.29, 1.82) is 0 Å². The molecule has 1 aliphatic carbocycles. The van der Waals surface area contributed by atoms with Gasteiger partial charge in [-0.3, -0.25) is 4.79 Å². The number of nitrogens with one attached hydrogen (secondary N) is 1. The number of anilines is 1. The number of halogens is 2. The molecule has 0 radical (unpaired) electrons. The van der Waals surface area contributed by atoms with E-state index in [0.717, 1.165) is 63.6 Å². The van der Waals surface area contributed by atoms with E-state index in [9.17, 15) is 22.0 Å². The third-order valence-electron chi connectivity index (χ3n) is 7.56. The van der Waals surface area contributed by atoms with Crippen LogP contribution < -0.4 is 4.90 Å². The molecule has 7 nitrogen and oxygen atoms in total. The Hall–Kier alpha value is -2.98. The SMILES string of the molecule is Cc1ccc2cc(-c3cc(S(=O)(=O)N(C)CC(=O)N(C)C4CC(F)(F)C4)ccc3N3CCCC3)[nH]c2c1. The van der Waals surface area contributed by atoms with E-state index in [0.29, 0.717) is 0 Å². The second-order valence-corrected chi connectivity index (χ2v) is 12.4. The molecule has 198 valence electrons. The van der Waals surface area contributed by atoms with Gasteiger partial charge in [0.25, 0.3) is 5.92 Å². The summed E-state index contributed by atoms with van der Waals surface area (Å²) in [7, 11) is -1.22. The summed E-state index contributed by atoms with van der Waals surface area (Å²) in [5.41, 5.74) is 4.67. The number of carbonyl (C=O) groups excluding carboxylic acids is 1. The molecule has 0 unspecified atom stereocenters. The van der Waals surface area contributed by atoms with E-state index >= 15 is 0 Å². The Bertz CT molecular complexity index is 1440. The van der Waals surface area contributed by atoms with Gasteiger partial charge >= 0.3 is 0 Å². The maximum atomic E-state index is 13.5. The van der Waals surface area contributed by atoms with Gasteiger partial charge in [0.1, 0.15) is 0 Å². The van der Waals surface area contributed by atoms with Gasteiger partial charge in [0, 0.05) is 73.9 Å². The number of alkyl halides is 2. The lowest BCUT2D eigenvalue weighted by molar-refractivity contribution is -0.150. The first-order chi connectivity index (χ1) is 17.4. The molecule has 0 bridgehead atoms. The topological polar surface area (TPSA) is 76.7 Å². The summed E-state index contributed by atoms with van der Waals surface area (Å²) in [5, 5.41) is 1.04. The van der Waals surface area contributed by atoms with Gasteiger partial charge in [-0.05, 0) is 55.7 Å². The highest BCUT2D eigenvalue weighted by molar-refractivity contribution is 7.89. The number of rotatable bonds is 7. The van der Waals surface area contributed by atoms with Crippen LogP contribution in [0.4, 0.5) is 14.5 Å². The summed E-state index contributed by atoms with van der Waals surface area (Å²) < 4.78 is 54.5. The Balaban J connectivity index is 1.45. The zero-order valence-electron chi connectivity index (χ0n) is 21.3. The van der Waals surface area contributed by atoms with Crippen molar-refractivity contribution in [3.63, 3.8) is 0 Å². The second kappa shape index (κ2) is 9.40. The molecule has 2 fully saturated rings. The Kier molecular flexibility index (Phi) is 6.52. The molecule has 3 aromatic rings. The molecular formula is C27H32F2N4O3S. The molecule has 0 atom stereocenters. The van der Waals surface area contributed by atoms with E-state index in [1.807, 2.05) is 31.2 Å². The van der Waals surface area contributed by atoms with Crippen LogP contribution >= 0.6 is 0 Å². The van der Waals surface area contributed by atoms with Crippen LogP contribution in [0.25, 0.3) is 22.2 Å². The van der Waals surface area contributed by atoms with Gasteiger partial charge in [0.05, 0.1) is 11.4 Å². The highest BCUT2D eigenvalue weighted by Gasteiger charge is 2.48. The molecular weight excluding hydrogens is 498 g/mol. The van der Waals surface area contributed by atoms with Crippen LogP contribution in [-0.4, -0.2) is 74.2 Å². The van der Waals surface area contributed by atoms with Gasteiger partial charge in [-0.2, -0.15) is 4.31 Å². The minimum atomic E-state index is -4.01. The smallest absolute Gasteiger partial charge is 0.252 e. The molecule has 1 saturated heterocycles. The number of benzene rings is 2. The molecule has 1 N–H and O–H groups in total. The highest BCUT2D eigenvalue weighted by atomic mass is 32.2. The van der Waals surface area contributed by atoms with Gasteiger partial charge in [-0.25, -0.2) is 17.2 Å². The Morgan fingerprint density at radius 3 is 2.46 bits per heavy atom. The predicted octanol–water partition coefficient (Wildman–Crippen LogP) is 4.62. The lowest BCUT2D eigenvalue weighted by Gasteiger charge is -2.41. The van der Waals surface area contributed by atoms with Crippen LogP contribution in [0.5, 0.6) is 0 Å². The van der Waals surface area contributed by atoms with Crippen molar-refractivity contribution in [3.8, 4) is 11.3 Å². The highest BCUT2D eigenvalue weighted by Crippen LogP contribution is 2.40. The first-order valence-corrected chi connectivity index (χ1v) is 14.0. The largest absolute Gasteiger partial charge is 0.371 e. The maximum absolute atomic E-state index is 13.5. The lowest BCUT2D eigenvalue weighted by atomic mass is 9.87. The van der Waals surface area contributed by atoms with Gasteiger partial charge in [-0.1, -0.05) is 12.1 Å². The fourth-order valence-electron chi connectivity index (χ4n) is 5.19. The van der Waals surface area contributed by atoms with Gasteiger partial charge in [0.15, 0.2) is 0 Å². The quantitative estimate of drug-likeness (QED) is 0.484. The number of carbonyl (C=O) groups is 1. The van der Waals surface area contributed by atoms with Crippen molar-refractivity contribution < 1.29 is 22.0 Å². The normalized spacial score (nSPS) is 17.9. The predicted molar refractivity (Wildman–Crippen MR) is 140 cm³/mol. The van der Waals surface area contributed by atoms with Gasteiger partial charge in [-0.15, -0.1) is 0 Å². The molecule has 5 rings (SSSR count). The molecule has 2 aliphatic rings. The molecule has 10 heteroatoms. The van der Waals surface area contributed by atoms with Crippen molar-refractivity contribution in [2.24, 2.45) is 0 Å². The van der Waals surface area contributed by atoms with Crippen molar-refractivity contribution >= 4 is 32.5 Å². The average Bonchev–Trinajstić information content (AvgIpc) is 3.51. The Morgan fingerprint density at radius 2 is 1.78 bits per heavy atom. The number of H-pyrrole nitrogens is 1. The van der Waals surface area contributed by atoms with E-state index in [1.165, 1.54) is 19.0 Å². The number of hydrogen-bond donors (Lipinski definition) is 1. The van der Waals surface area contributed by atoms with E-state index < -0.39 is 47.3 Å². The van der Waals surface area contributed by atoms with Gasteiger partial charge in [0.2, 0.25) is 15.9 Å². The number of fused-ring (bicyclic) bond motifs is 1. The van der Waals surface area contributed by atoms with Crippen LogP contribution in [0, 0.1) is 6.92 Å². The molecule has 1 amide bonds. The molecule has 2 aromatic carbocycles. The van der Waals surface area contributed by atoms with E-state index in [-0.39, 0.29) is 4.90 Å². The molecule has 0 spiro atoms. The first kappa shape index (κ1) is 25.7. The number of aryl methyl sites for hydroxylation is 1. The molecule has 1 aromatic heterocycles. The second-order valence-electron chi connectivity index (χ2n) is 10.3. The molecule has 1 aliphatic heterocycles. The number of hydrogen-bond acceptors (Lipinski definition) is 4. The van der Waals surface area contributed by atoms with Crippen molar-refractivity contribution in [2.75, 3.05) is 38.6 Å². The fourth-order valence-corrected chi connectivity index (χ4v) is 6.33. The lowest BCUT2D eigenvalue weighted by Crippen LogP contribution is -2.53. The number of nitrogens with zero attached hydrogens (tertiary/aromatic N) is 3. The monoisotopic (exact) mass is 530 g/mol. The number of aromatic amines is 1. The summed E-state index contributed by atoms with van der Waals surface area (Å²) >= 11 is 0. The number of aromatic nitrogens is 1. The van der Waals surface area contributed by atoms with Gasteiger partial charge < -0.3 is 14.8 Å². The van der Waals surface area contributed by atoms with Crippen LogP contribution in [0.3, 0.4) is 0 Å². The third kappa shape index (κ3) is 4.96. The fraction of sp³-hybridized carbons (Fsp3) is 0.444. The zero-order valence-corrected chi connectivity index (χ0v) is 22.1. The molecule has 1 saturated carbocycles. The summed E-state index contributed by atoms with van der Waals surface area (Å²) in [4.78, 5) is 19.7. The third-order valence-corrected chi connectivity index (χ3v) is 9.36.